The molecule has 0 amide bonds. The van der Waals surface area contributed by atoms with Crippen molar-refractivity contribution in [2.75, 3.05) is 38.6 Å². The molecule has 1 aromatic carbocycles. The van der Waals surface area contributed by atoms with Crippen LogP contribution in [0.15, 0.2) is 42.9 Å². The molecule has 1 aliphatic heterocycles. The summed E-state index contributed by atoms with van der Waals surface area (Å²) in [6.07, 6.45) is 9.07. The fourth-order valence-corrected chi connectivity index (χ4v) is 5.67. The number of benzene rings is 1. The molecule has 6 nitrogen and oxygen atoms in total. The molecule has 0 unspecified atom stereocenters. The Morgan fingerprint density at radius 2 is 1.83 bits per heavy atom. The zero-order valence-corrected chi connectivity index (χ0v) is 17.7. The number of nitrogens with two attached hydrogens (primary N) is 1. The number of fused-ring (bicyclic) bond motifs is 5. The maximum atomic E-state index is 5.84. The van der Waals surface area contributed by atoms with Gasteiger partial charge in [-0.25, -0.2) is 4.98 Å². The largest absolute Gasteiger partial charge is 0.399 e. The summed E-state index contributed by atoms with van der Waals surface area (Å²) >= 11 is 1.82. The molecule has 6 rings (SSSR count). The van der Waals surface area contributed by atoms with Crippen LogP contribution in [0.25, 0.3) is 27.5 Å². The van der Waals surface area contributed by atoms with Gasteiger partial charge in [-0.05, 0) is 30.5 Å². The van der Waals surface area contributed by atoms with E-state index in [2.05, 4.69) is 32.5 Å². The van der Waals surface area contributed by atoms with E-state index in [0.29, 0.717) is 0 Å². The third kappa shape index (κ3) is 3.14. The highest BCUT2D eigenvalue weighted by molar-refractivity contribution is 7.17. The smallest absolute Gasteiger partial charge is 0.194 e. The Kier molecular flexibility index (Phi) is 4.40. The first-order chi connectivity index (χ1) is 14.7. The summed E-state index contributed by atoms with van der Waals surface area (Å²) in [7, 11) is 0. The van der Waals surface area contributed by atoms with Gasteiger partial charge in [0, 0.05) is 66.5 Å². The van der Waals surface area contributed by atoms with Crippen molar-refractivity contribution in [3.8, 4) is 22.5 Å². The first kappa shape index (κ1) is 18.2. The number of morpholine rings is 1. The lowest BCUT2D eigenvalue weighted by molar-refractivity contribution is 0.0364. The molecule has 2 aliphatic rings. The number of nitrogens with zero attached hydrogens (tertiary/aromatic N) is 4. The van der Waals surface area contributed by atoms with Crippen LogP contribution in [-0.2, 0) is 24.1 Å². The van der Waals surface area contributed by atoms with Crippen molar-refractivity contribution in [1.29, 1.82) is 0 Å². The number of hydrogen-bond acceptors (Lipinski definition) is 5. The molecular formula is C23H25N5OS. The van der Waals surface area contributed by atoms with E-state index in [9.17, 15) is 0 Å². The lowest BCUT2D eigenvalue weighted by Gasteiger charge is -2.26. The zero-order chi connectivity index (χ0) is 20.1. The Balaban J connectivity index is 1.32. The second kappa shape index (κ2) is 7.27. The quantitative estimate of drug-likeness (QED) is 0.514. The van der Waals surface area contributed by atoms with Crippen LogP contribution in [0.1, 0.15) is 10.4 Å². The van der Waals surface area contributed by atoms with E-state index in [1.807, 2.05) is 35.6 Å². The van der Waals surface area contributed by atoms with Crippen LogP contribution < -0.4 is 5.73 Å². The molecule has 3 aromatic heterocycles. The standard InChI is InChI=1S/C23H25N5OS/c24-18-4-1-16(2-5-18)20-15-28-22-19-14-27(8-7-26-9-11-29-12-10-26)13-17(19)3-6-21(22)30-23(28)25-20/h1-2,4-5,13-15H,3,6-12,24H2. The molecule has 0 saturated carbocycles. The summed E-state index contributed by atoms with van der Waals surface area (Å²) < 4.78 is 10.1. The minimum Gasteiger partial charge on any atom is -0.399 e. The predicted molar refractivity (Wildman–Crippen MR) is 121 cm³/mol. The Morgan fingerprint density at radius 1 is 1.00 bits per heavy atom. The molecular weight excluding hydrogens is 394 g/mol. The predicted octanol–water partition coefficient (Wildman–Crippen LogP) is 3.54. The van der Waals surface area contributed by atoms with E-state index < -0.39 is 0 Å². The monoisotopic (exact) mass is 419 g/mol. The third-order valence-electron chi connectivity index (χ3n) is 6.22. The molecule has 0 atom stereocenters. The topological polar surface area (TPSA) is 60.7 Å². The van der Waals surface area contributed by atoms with E-state index in [4.69, 9.17) is 15.5 Å². The van der Waals surface area contributed by atoms with Crippen LogP contribution in [0.2, 0.25) is 0 Å². The Labute approximate surface area is 179 Å². The minimum atomic E-state index is 0.778. The number of aryl methyl sites for hydroxylation is 2. The van der Waals surface area contributed by atoms with Crippen molar-refractivity contribution < 1.29 is 4.74 Å². The van der Waals surface area contributed by atoms with Crippen LogP contribution in [-0.4, -0.2) is 51.7 Å². The van der Waals surface area contributed by atoms with E-state index in [0.717, 1.165) is 74.1 Å². The molecule has 2 N–H and O–H groups in total. The first-order valence-electron chi connectivity index (χ1n) is 10.6. The molecule has 30 heavy (non-hydrogen) atoms. The van der Waals surface area contributed by atoms with Gasteiger partial charge >= 0.3 is 0 Å². The van der Waals surface area contributed by atoms with E-state index in [1.54, 1.807) is 0 Å². The Morgan fingerprint density at radius 3 is 2.67 bits per heavy atom. The fraction of sp³-hybridized carbons (Fsp3) is 0.348. The van der Waals surface area contributed by atoms with E-state index in [1.165, 1.54) is 21.7 Å². The lowest BCUT2D eigenvalue weighted by atomic mass is 9.98. The van der Waals surface area contributed by atoms with Gasteiger partial charge in [-0.1, -0.05) is 12.1 Å². The van der Waals surface area contributed by atoms with Gasteiger partial charge in [0.15, 0.2) is 4.96 Å². The molecule has 4 heterocycles. The summed E-state index contributed by atoms with van der Waals surface area (Å²) in [5, 5.41) is 0. The SMILES string of the molecule is Nc1ccc(-c2cn3c4c(sc3n2)CCc2cn(CCN3CCOCC3)cc2-4)cc1. The highest BCUT2D eigenvalue weighted by Crippen LogP contribution is 2.40. The highest BCUT2D eigenvalue weighted by Gasteiger charge is 2.24. The van der Waals surface area contributed by atoms with Gasteiger partial charge in [0.1, 0.15) is 0 Å². The van der Waals surface area contributed by atoms with Crippen molar-refractivity contribution in [2.24, 2.45) is 0 Å². The van der Waals surface area contributed by atoms with Crippen LogP contribution in [0, 0.1) is 0 Å². The molecule has 0 radical (unpaired) electrons. The summed E-state index contributed by atoms with van der Waals surface area (Å²) in [5.41, 5.74) is 12.9. The number of thiazole rings is 1. The van der Waals surface area contributed by atoms with E-state index in [-0.39, 0.29) is 0 Å². The summed E-state index contributed by atoms with van der Waals surface area (Å²) in [5.74, 6) is 0. The average Bonchev–Trinajstić information content (AvgIpc) is 3.45. The Hall–Kier alpha value is -2.61. The number of nitrogen functional groups attached to an aromatic ring is 1. The van der Waals surface area contributed by atoms with Crippen LogP contribution in [0.5, 0.6) is 0 Å². The molecule has 1 saturated heterocycles. The molecule has 154 valence electrons. The number of anilines is 1. The van der Waals surface area contributed by atoms with Crippen molar-refractivity contribution in [3.63, 3.8) is 0 Å². The maximum Gasteiger partial charge on any atom is 0.194 e. The normalized spacial score (nSPS) is 16.7. The second-order valence-electron chi connectivity index (χ2n) is 8.16. The van der Waals surface area contributed by atoms with Crippen molar-refractivity contribution >= 4 is 22.0 Å². The van der Waals surface area contributed by atoms with Gasteiger partial charge in [0.05, 0.1) is 24.6 Å². The molecule has 4 aromatic rings. The van der Waals surface area contributed by atoms with Crippen molar-refractivity contribution in [3.05, 3.63) is 53.3 Å². The van der Waals surface area contributed by atoms with Crippen molar-refractivity contribution in [2.45, 2.75) is 19.4 Å². The average molecular weight is 420 g/mol. The molecule has 0 bridgehead atoms. The number of aromatic nitrogens is 3. The second-order valence-corrected chi connectivity index (χ2v) is 9.23. The summed E-state index contributed by atoms with van der Waals surface area (Å²) in [6, 6.07) is 7.96. The number of hydrogen-bond donors (Lipinski definition) is 1. The molecule has 7 heteroatoms. The lowest BCUT2D eigenvalue weighted by Crippen LogP contribution is -2.38. The molecule has 0 spiro atoms. The van der Waals surface area contributed by atoms with Crippen molar-refractivity contribution in [1.82, 2.24) is 18.9 Å². The van der Waals surface area contributed by atoms with Gasteiger partial charge < -0.3 is 15.0 Å². The number of ether oxygens (including phenoxy) is 1. The van der Waals surface area contributed by atoms with E-state index >= 15 is 0 Å². The van der Waals surface area contributed by atoms with Gasteiger partial charge in [0.25, 0.3) is 0 Å². The van der Waals surface area contributed by atoms with Crippen LogP contribution >= 0.6 is 11.3 Å². The fourth-order valence-electron chi connectivity index (χ4n) is 4.56. The minimum absolute atomic E-state index is 0.778. The maximum absolute atomic E-state index is 5.84. The van der Waals surface area contributed by atoms with Gasteiger partial charge in [0.2, 0.25) is 0 Å². The third-order valence-corrected chi connectivity index (χ3v) is 7.33. The number of rotatable bonds is 4. The molecule has 1 aliphatic carbocycles. The number of imidazole rings is 1. The van der Waals surface area contributed by atoms with Gasteiger partial charge in [-0.3, -0.25) is 9.30 Å². The summed E-state index contributed by atoms with van der Waals surface area (Å²) in [6.45, 7) is 5.90. The first-order valence-corrected chi connectivity index (χ1v) is 11.4. The molecule has 1 fully saturated rings. The van der Waals surface area contributed by atoms with Gasteiger partial charge in [-0.15, -0.1) is 11.3 Å². The zero-order valence-electron chi connectivity index (χ0n) is 16.9. The Bertz CT molecular complexity index is 1200. The van der Waals surface area contributed by atoms with Gasteiger partial charge in [-0.2, -0.15) is 0 Å². The summed E-state index contributed by atoms with van der Waals surface area (Å²) in [4.78, 5) is 9.92. The van der Waals surface area contributed by atoms with Crippen LogP contribution in [0.4, 0.5) is 5.69 Å². The highest BCUT2D eigenvalue weighted by atomic mass is 32.1. The van der Waals surface area contributed by atoms with Crippen LogP contribution in [0.3, 0.4) is 0 Å².